The molecule has 2 aromatic carbocycles. The summed E-state index contributed by atoms with van der Waals surface area (Å²) in [6, 6.07) is 15.8. The van der Waals surface area contributed by atoms with Crippen molar-refractivity contribution in [2.45, 2.75) is 51.4 Å². The average Bonchev–Trinajstić information content (AvgIpc) is 3.11. The van der Waals surface area contributed by atoms with Crippen LogP contribution in [0.25, 0.3) is 0 Å². The lowest BCUT2D eigenvalue weighted by Crippen LogP contribution is -2.45. The molecule has 2 aromatic rings. The fourth-order valence-corrected chi connectivity index (χ4v) is 3.89. The van der Waals surface area contributed by atoms with E-state index < -0.39 is 0 Å². The molecule has 0 aliphatic heterocycles. The van der Waals surface area contributed by atoms with Crippen molar-refractivity contribution in [3.8, 4) is 0 Å². The van der Waals surface area contributed by atoms with E-state index >= 15 is 0 Å². The van der Waals surface area contributed by atoms with Gasteiger partial charge in [0, 0.05) is 23.0 Å². The lowest BCUT2D eigenvalue weighted by Gasteiger charge is -2.33. The van der Waals surface area contributed by atoms with Crippen molar-refractivity contribution < 1.29 is 9.53 Å². The number of hydrogen-bond acceptors (Lipinski definition) is 2. The average molecular weight is 406 g/mol. The quantitative estimate of drug-likeness (QED) is 0.548. The topological polar surface area (TPSA) is 29.5 Å². The summed E-state index contributed by atoms with van der Waals surface area (Å²) in [6.07, 6.45) is 3.28. The maximum Gasteiger partial charge on any atom is 0.228 e. The molecule has 3 rings (SSSR count). The van der Waals surface area contributed by atoms with Gasteiger partial charge in [-0.05, 0) is 56.0 Å². The second-order valence-corrected chi connectivity index (χ2v) is 7.83. The predicted molar refractivity (Wildman–Crippen MR) is 112 cm³/mol. The van der Waals surface area contributed by atoms with Crippen LogP contribution in [0.5, 0.6) is 0 Å². The van der Waals surface area contributed by atoms with Crippen LogP contribution >= 0.6 is 23.2 Å². The zero-order valence-corrected chi connectivity index (χ0v) is 17.0. The third-order valence-electron chi connectivity index (χ3n) is 5.02. The Bertz CT molecular complexity index is 746. The maximum atomic E-state index is 12.8. The van der Waals surface area contributed by atoms with E-state index in [0.29, 0.717) is 18.9 Å². The van der Waals surface area contributed by atoms with Gasteiger partial charge in [-0.15, -0.1) is 11.6 Å². The van der Waals surface area contributed by atoms with Crippen LogP contribution in [-0.2, 0) is 16.1 Å². The summed E-state index contributed by atoms with van der Waals surface area (Å²) >= 11 is 11.8. The summed E-state index contributed by atoms with van der Waals surface area (Å²) in [5.41, 5.74) is 3.17. The van der Waals surface area contributed by atoms with Crippen molar-refractivity contribution >= 4 is 34.8 Å². The minimum absolute atomic E-state index is 0.0151. The second-order valence-electron chi connectivity index (χ2n) is 7.01. The molecule has 144 valence electrons. The highest BCUT2D eigenvalue weighted by Crippen LogP contribution is 2.32. The maximum absolute atomic E-state index is 12.8. The third kappa shape index (κ3) is 5.25. The van der Waals surface area contributed by atoms with Gasteiger partial charge in [0.15, 0.2) is 0 Å². The highest BCUT2D eigenvalue weighted by molar-refractivity contribution is 6.30. The lowest BCUT2D eigenvalue weighted by atomic mass is 10.1. The van der Waals surface area contributed by atoms with E-state index in [1.807, 2.05) is 60.4 Å². The molecule has 0 bridgehead atoms. The Morgan fingerprint density at radius 1 is 1.11 bits per heavy atom. The van der Waals surface area contributed by atoms with E-state index in [0.717, 1.165) is 35.5 Å². The Morgan fingerprint density at radius 2 is 1.81 bits per heavy atom. The van der Waals surface area contributed by atoms with E-state index in [1.165, 1.54) is 5.56 Å². The molecule has 0 heterocycles. The van der Waals surface area contributed by atoms with Gasteiger partial charge < -0.3 is 9.64 Å². The normalized spacial score (nSPS) is 19.2. The first-order valence-corrected chi connectivity index (χ1v) is 10.3. The van der Waals surface area contributed by atoms with Crippen molar-refractivity contribution in [3.05, 3.63) is 64.7 Å². The van der Waals surface area contributed by atoms with Crippen LogP contribution in [0, 0.1) is 6.92 Å². The Hall–Kier alpha value is -1.55. The van der Waals surface area contributed by atoms with Crippen molar-refractivity contribution in [1.82, 2.24) is 0 Å². The molecule has 1 aliphatic rings. The number of aryl methyl sites for hydroxylation is 1. The monoisotopic (exact) mass is 405 g/mol. The standard InChI is InChI=1S/C22H25Cl2NO2/c1-16-5-11-19(12-6-16)25(22(26)13-14-23)20-3-2-4-21(20)27-15-17-7-9-18(24)10-8-17/h5-12,20-21H,2-4,13-15H2,1H3. The molecule has 0 radical (unpaired) electrons. The Kier molecular flexibility index (Phi) is 7.17. The van der Waals surface area contributed by atoms with E-state index in [4.69, 9.17) is 27.9 Å². The van der Waals surface area contributed by atoms with Crippen LogP contribution in [0.15, 0.2) is 48.5 Å². The number of halogens is 2. The van der Waals surface area contributed by atoms with Gasteiger partial charge in [0.2, 0.25) is 5.91 Å². The molecule has 27 heavy (non-hydrogen) atoms. The summed E-state index contributed by atoms with van der Waals surface area (Å²) in [5.74, 6) is 0.380. The Labute approximate surface area is 171 Å². The zero-order valence-electron chi connectivity index (χ0n) is 15.5. The summed E-state index contributed by atoms with van der Waals surface area (Å²) in [6.45, 7) is 2.56. The molecule has 1 saturated carbocycles. The fourth-order valence-electron chi connectivity index (χ4n) is 3.61. The molecular weight excluding hydrogens is 381 g/mol. The Balaban J connectivity index is 1.76. The van der Waals surface area contributed by atoms with E-state index in [9.17, 15) is 4.79 Å². The number of alkyl halides is 1. The number of benzene rings is 2. The van der Waals surface area contributed by atoms with Gasteiger partial charge in [-0.3, -0.25) is 4.79 Å². The van der Waals surface area contributed by atoms with Gasteiger partial charge in [-0.1, -0.05) is 41.4 Å². The van der Waals surface area contributed by atoms with Crippen molar-refractivity contribution in [2.24, 2.45) is 0 Å². The van der Waals surface area contributed by atoms with Crippen molar-refractivity contribution in [3.63, 3.8) is 0 Å². The molecule has 1 aliphatic carbocycles. The van der Waals surface area contributed by atoms with Gasteiger partial charge in [-0.25, -0.2) is 0 Å². The van der Waals surface area contributed by atoms with E-state index in [2.05, 4.69) is 0 Å². The van der Waals surface area contributed by atoms with Crippen LogP contribution in [0.3, 0.4) is 0 Å². The van der Waals surface area contributed by atoms with E-state index in [-0.39, 0.29) is 18.1 Å². The summed E-state index contributed by atoms with van der Waals surface area (Å²) in [7, 11) is 0. The lowest BCUT2D eigenvalue weighted by molar-refractivity contribution is -0.119. The van der Waals surface area contributed by atoms with Gasteiger partial charge in [0.05, 0.1) is 18.8 Å². The number of anilines is 1. The minimum atomic E-state index is 0.0151. The fraction of sp³-hybridized carbons (Fsp3) is 0.409. The molecule has 1 fully saturated rings. The number of amides is 1. The molecule has 2 unspecified atom stereocenters. The van der Waals surface area contributed by atoms with Crippen LogP contribution in [0.1, 0.15) is 36.8 Å². The van der Waals surface area contributed by atoms with E-state index in [1.54, 1.807) is 0 Å². The van der Waals surface area contributed by atoms with Crippen molar-refractivity contribution in [1.29, 1.82) is 0 Å². The predicted octanol–water partition coefficient (Wildman–Crippen LogP) is 5.75. The summed E-state index contributed by atoms with van der Waals surface area (Å²) < 4.78 is 6.23. The molecule has 1 amide bonds. The smallest absolute Gasteiger partial charge is 0.228 e. The first kappa shape index (κ1) is 20.2. The van der Waals surface area contributed by atoms with Crippen LogP contribution in [0.4, 0.5) is 5.69 Å². The molecule has 0 N–H and O–H groups in total. The SMILES string of the molecule is Cc1ccc(N(C(=O)CCCl)C2CCCC2OCc2ccc(Cl)cc2)cc1. The molecule has 0 spiro atoms. The van der Waals surface area contributed by atoms with Gasteiger partial charge in [0.1, 0.15) is 0 Å². The first-order valence-electron chi connectivity index (χ1n) is 9.39. The van der Waals surface area contributed by atoms with Crippen LogP contribution < -0.4 is 4.90 Å². The highest BCUT2D eigenvalue weighted by atomic mass is 35.5. The number of carbonyl (C=O) groups excluding carboxylic acids is 1. The molecule has 0 saturated heterocycles. The highest BCUT2D eigenvalue weighted by Gasteiger charge is 2.36. The number of hydrogen-bond donors (Lipinski definition) is 0. The number of rotatable bonds is 7. The second kappa shape index (κ2) is 9.59. The number of ether oxygens (including phenoxy) is 1. The summed E-state index contributed by atoms with van der Waals surface area (Å²) in [4.78, 5) is 14.7. The molecule has 2 atom stereocenters. The zero-order chi connectivity index (χ0) is 19.2. The molecular formula is C22H25Cl2NO2. The van der Waals surface area contributed by atoms with Crippen molar-refractivity contribution in [2.75, 3.05) is 10.8 Å². The minimum Gasteiger partial charge on any atom is -0.371 e. The van der Waals surface area contributed by atoms with Crippen LogP contribution in [-0.4, -0.2) is 23.9 Å². The van der Waals surface area contributed by atoms with Gasteiger partial charge in [-0.2, -0.15) is 0 Å². The van der Waals surface area contributed by atoms with Gasteiger partial charge in [0.25, 0.3) is 0 Å². The first-order chi connectivity index (χ1) is 13.1. The number of carbonyl (C=O) groups is 1. The largest absolute Gasteiger partial charge is 0.371 e. The number of nitrogens with zero attached hydrogens (tertiary/aromatic N) is 1. The van der Waals surface area contributed by atoms with Gasteiger partial charge >= 0.3 is 0 Å². The van der Waals surface area contributed by atoms with Crippen LogP contribution in [0.2, 0.25) is 5.02 Å². The Morgan fingerprint density at radius 3 is 2.48 bits per heavy atom. The molecule has 3 nitrogen and oxygen atoms in total. The molecule has 5 heteroatoms. The summed E-state index contributed by atoms with van der Waals surface area (Å²) in [5, 5.41) is 0.717. The third-order valence-corrected chi connectivity index (χ3v) is 5.46. The molecule has 0 aromatic heterocycles.